The number of nitriles is 1. The summed E-state index contributed by atoms with van der Waals surface area (Å²) in [4.78, 5) is 4.45. The highest BCUT2D eigenvalue weighted by Gasteiger charge is 2.53. The number of pyridine rings is 1. The van der Waals surface area contributed by atoms with E-state index in [0.717, 1.165) is 0 Å². The van der Waals surface area contributed by atoms with Gasteiger partial charge in [-0.2, -0.15) is 5.26 Å². The van der Waals surface area contributed by atoms with Crippen molar-refractivity contribution in [3.63, 3.8) is 0 Å². The van der Waals surface area contributed by atoms with Crippen LogP contribution in [0, 0.1) is 11.3 Å². The Morgan fingerprint density at radius 3 is 2.35 bits per heavy atom. The van der Waals surface area contributed by atoms with Gasteiger partial charge < -0.3 is 14.0 Å². The van der Waals surface area contributed by atoms with Crippen molar-refractivity contribution >= 4 is 12.7 Å². The number of hydrogen-bond donors (Lipinski definition) is 0. The van der Waals surface area contributed by atoms with E-state index in [9.17, 15) is 0 Å². The maximum absolute atomic E-state index is 8.78. The average molecular weight is 274 g/mol. The maximum Gasteiger partial charge on any atom is 0.518 e. The van der Waals surface area contributed by atoms with E-state index < -0.39 is 18.3 Å². The smallest absolute Gasteiger partial charge is 0.496 e. The quantitative estimate of drug-likeness (QED) is 0.781. The number of hydrogen-bond acceptors (Lipinski definition) is 5. The molecule has 0 bridgehead atoms. The van der Waals surface area contributed by atoms with E-state index in [2.05, 4.69) is 11.1 Å². The molecule has 0 atom stereocenters. The van der Waals surface area contributed by atoms with Gasteiger partial charge in [0.1, 0.15) is 11.3 Å². The van der Waals surface area contributed by atoms with Crippen LogP contribution in [0.1, 0.15) is 33.4 Å². The zero-order valence-corrected chi connectivity index (χ0v) is 12.6. The lowest BCUT2D eigenvalue weighted by atomic mass is 9.83. The molecule has 0 aliphatic carbocycles. The molecular formula is C14H19BN2O3. The third kappa shape index (κ3) is 2.51. The molecule has 0 spiro atoms. The van der Waals surface area contributed by atoms with Gasteiger partial charge in [0.05, 0.1) is 36.5 Å². The lowest BCUT2D eigenvalue weighted by Crippen LogP contribution is -2.41. The van der Waals surface area contributed by atoms with Crippen molar-refractivity contribution in [1.82, 2.24) is 4.98 Å². The van der Waals surface area contributed by atoms with Gasteiger partial charge >= 0.3 is 7.12 Å². The molecule has 0 unspecified atom stereocenters. The van der Waals surface area contributed by atoms with Crippen molar-refractivity contribution in [3.05, 3.63) is 17.8 Å². The number of aromatic nitrogens is 1. The fraction of sp³-hybridized carbons (Fsp3) is 0.571. The second kappa shape index (κ2) is 5.08. The van der Waals surface area contributed by atoms with Crippen molar-refractivity contribution in [1.29, 1.82) is 5.26 Å². The minimum Gasteiger partial charge on any atom is -0.496 e. The van der Waals surface area contributed by atoms with Crippen LogP contribution < -0.4 is 10.3 Å². The van der Waals surface area contributed by atoms with Gasteiger partial charge in [0.15, 0.2) is 0 Å². The fourth-order valence-corrected chi connectivity index (χ4v) is 1.98. The molecule has 106 valence electrons. The molecule has 20 heavy (non-hydrogen) atoms. The van der Waals surface area contributed by atoms with Crippen molar-refractivity contribution < 1.29 is 14.0 Å². The molecule has 0 radical (unpaired) electrons. The van der Waals surface area contributed by atoms with Gasteiger partial charge in [0.25, 0.3) is 0 Å². The zero-order chi connectivity index (χ0) is 15.0. The van der Waals surface area contributed by atoms with E-state index in [1.54, 1.807) is 19.2 Å². The van der Waals surface area contributed by atoms with Crippen molar-refractivity contribution in [3.8, 4) is 11.8 Å². The molecule has 1 aromatic heterocycles. The minimum atomic E-state index is -0.589. The summed E-state index contributed by atoms with van der Waals surface area (Å²) in [6.45, 7) is 7.94. The molecule has 2 rings (SSSR count). The van der Waals surface area contributed by atoms with Gasteiger partial charge in [0.2, 0.25) is 0 Å². The molecule has 0 N–H and O–H groups in total. The summed E-state index contributed by atoms with van der Waals surface area (Å²) in [6.07, 6.45) is 0.247. The molecule has 0 amide bonds. The molecular weight excluding hydrogens is 255 g/mol. The van der Waals surface area contributed by atoms with Gasteiger partial charge in [-0.25, -0.2) is 0 Å². The summed E-state index contributed by atoms with van der Waals surface area (Å²) in [5.74, 6) is 0.602. The Morgan fingerprint density at radius 2 is 1.85 bits per heavy atom. The first kappa shape index (κ1) is 14.8. The Morgan fingerprint density at radius 1 is 1.25 bits per heavy atom. The molecule has 1 saturated heterocycles. The molecule has 1 aliphatic rings. The van der Waals surface area contributed by atoms with E-state index >= 15 is 0 Å². The number of ether oxygens (including phenoxy) is 1. The zero-order valence-electron chi connectivity index (χ0n) is 12.6. The topological polar surface area (TPSA) is 64.4 Å². The minimum absolute atomic E-state index is 0.247. The first-order chi connectivity index (χ1) is 9.30. The summed E-state index contributed by atoms with van der Waals surface area (Å²) in [6, 6.07) is 5.65. The highest BCUT2D eigenvalue weighted by molar-refractivity contribution is 6.62. The molecule has 2 heterocycles. The van der Waals surface area contributed by atoms with Crippen molar-refractivity contribution in [2.45, 2.75) is 45.3 Å². The summed E-state index contributed by atoms with van der Waals surface area (Å²) >= 11 is 0. The summed E-state index contributed by atoms with van der Waals surface area (Å²) in [5, 5.41) is 8.78. The van der Waals surface area contributed by atoms with Gasteiger partial charge in [-0.05, 0) is 39.8 Å². The van der Waals surface area contributed by atoms with Crippen LogP contribution in [-0.4, -0.2) is 30.4 Å². The third-order valence-corrected chi connectivity index (χ3v) is 3.90. The van der Waals surface area contributed by atoms with Crippen LogP contribution in [0.25, 0.3) is 0 Å². The Bertz CT molecular complexity index is 536. The first-order valence-corrected chi connectivity index (χ1v) is 6.57. The third-order valence-electron chi connectivity index (χ3n) is 3.90. The van der Waals surface area contributed by atoms with Crippen LogP contribution in [0.5, 0.6) is 5.75 Å². The molecule has 1 fully saturated rings. The van der Waals surface area contributed by atoms with Gasteiger partial charge in [0, 0.05) is 0 Å². The highest BCUT2D eigenvalue weighted by Crippen LogP contribution is 2.36. The predicted octanol–water partition coefficient (Wildman–Crippen LogP) is 1.46. The molecule has 1 aliphatic heterocycles. The van der Waals surface area contributed by atoms with Gasteiger partial charge in [-0.3, -0.25) is 4.98 Å². The highest BCUT2D eigenvalue weighted by atomic mass is 16.7. The van der Waals surface area contributed by atoms with Crippen molar-refractivity contribution in [2.75, 3.05) is 7.11 Å². The lowest BCUT2D eigenvalue weighted by Gasteiger charge is -2.32. The fourth-order valence-electron chi connectivity index (χ4n) is 1.98. The standard InChI is InChI=1S/C14H19BN2O3/c1-13(2)14(3,4)20-15(19-13)12-11(18-5)7-6-10(17-12)8-9-16/h6-7H,8H2,1-5H3. The van der Waals surface area contributed by atoms with Crippen molar-refractivity contribution in [2.24, 2.45) is 0 Å². The summed E-state index contributed by atoms with van der Waals surface area (Å²) in [7, 11) is 0.990. The Hall–Kier alpha value is -1.58. The Balaban J connectivity index is 2.38. The summed E-state index contributed by atoms with van der Waals surface area (Å²) < 4.78 is 17.3. The summed E-state index contributed by atoms with van der Waals surface area (Å²) in [5.41, 5.74) is 0.391. The van der Waals surface area contributed by atoms with Crippen LogP contribution in [0.2, 0.25) is 0 Å². The molecule has 5 nitrogen and oxygen atoms in total. The van der Waals surface area contributed by atoms with Gasteiger partial charge in [-0.1, -0.05) is 0 Å². The van der Waals surface area contributed by atoms with Crippen LogP contribution in [0.3, 0.4) is 0 Å². The average Bonchev–Trinajstić information content (AvgIpc) is 2.59. The van der Waals surface area contributed by atoms with Crippen LogP contribution in [0.4, 0.5) is 0 Å². The first-order valence-electron chi connectivity index (χ1n) is 6.57. The number of nitrogens with zero attached hydrogens (tertiary/aromatic N) is 2. The van der Waals surface area contributed by atoms with Gasteiger partial charge in [-0.15, -0.1) is 0 Å². The monoisotopic (exact) mass is 274 g/mol. The van der Waals surface area contributed by atoms with Crippen LogP contribution >= 0.6 is 0 Å². The van der Waals surface area contributed by atoms with E-state index in [1.807, 2.05) is 27.7 Å². The molecule has 6 heteroatoms. The van der Waals surface area contributed by atoms with E-state index in [4.69, 9.17) is 19.3 Å². The number of rotatable bonds is 3. The largest absolute Gasteiger partial charge is 0.518 e. The SMILES string of the molecule is COc1ccc(CC#N)nc1B1OC(C)(C)C(C)(C)O1. The van der Waals surface area contributed by atoms with E-state index in [1.165, 1.54) is 0 Å². The maximum atomic E-state index is 8.78. The molecule has 1 aromatic rings. The molecule has 0 aromatic carbocycles. The van der Waals surface area contributed by atoms with Crippen LogP contribution in [-0.2, 0) is 15.7 Å². The second-order valence-corrected chi connectivity index (χ2v) is 5.81. The van der Waals surface area contributed by atoms with E-state index in [-0.39, 0.29) is 6.42 Å². The van der Waals surface area contributed by atoms with E-state index in [0.29, 0.717) is 17.0 Å². The Labute approximate surface area is 120 Å². The van der Waals surface area contributed by atoms with Crippen LogP contribution in [0.15, 0.2) is 12.1 Å². The predicted molar refractivity (Wildman–Crippen MR) is 75.8 cm³/mol. The number of methoxy groups -OCH3 is 1. The Kier molecular flexibility index (Phi) is 3.76. The lowest BCUT2D eigenvalue weighted by molar-refractivity contribution is 0.00578. The normalized spacial score (nSPS) is 19.7. The second-order valence-electron chi connectivity index (χ2n) is 5.81. The molecule has 0 saturated carbocycles.